The van der Waals surface area contributed by atoms with Crippen LogP contribution in [0.5, 0.6) is 5.75 Å². The molecule has 2 aliphatic heterocycles. The predicted octanol–water partition coefficient (Wildman–Crippen LogP) is 6.73. The lowest BCUT2D eigenvalue weighted by molar-refractivity contribution is -0.146. The first-order valence-electron chi connectivity index (χ1n) is 14.0. The Balaban J connectivity index is 1.63. The first-order chi connectivity index (χ1) is 21.2. The first kappa shape index (κ1) is 32.7. The van der Waals surface area contributed by atoms with Gasteiger partial charge in [-0.1, -0.05) is 12.1 Å². The van der Waals surface area contributed by atoms with Crippen LogP contribution >= 0.6 is 15.9 Å². The number of carboxylic acid groups (broad SMARTS) is 1. The molecular weight excluding hydrogens is 678 g/mol. The summed E-state index contributed by atoms with van der Waals surface area (Å²) in [7, 11) is 0. The Kier molecular flexibility index (Phi) is 9.18. The van der Waals surface area contributed by atoms with Gasteiger partial charge in [0.2, 0.25) is 11.7 Å². The van der Waals surface area contributed by atoms with Crippen LogP contribution in [0.1, 0.15) is 73.2 Å². The van der Waals surface area contributed by atoms with Crippen LogP contribution < -0.4 is 4.74 Å². The highest BCUT2D eigenvalue weighted by Crippen LogP contribution is 2.47. The summed E-state index contributed by atoms with van der Waals surface area (Å²) in [5.41, 5.74) is -1.41. The number of amides is 1. The van der Waals surface area contributed by atoms with Gasteiger partial charge in [-0.3, -0.25) is 14.2 Å². The number of hydrogen-bond donors (Lipinski definition) is 1. The second-order valence-electron chi connectivity index (χ2n) is 10.7. The van der Waals surface area contributed by atoms with E-state index in [-0.39, 0.29) is 48.8 Å². The van der Waals surface area contributed by atoms with Crippen LogP contribution in [-0.4, -0.2) is 56.3 Å². The monoisotopic (exact) mass is 704 g/mol. The Hall–Kier alpha value is -3.66. The van der Waals surface area contributed by atoms with Crippen molar-refractivity contribution in [1.29, 1.82) is 0 Å². The Morgan fingerprint density at radius 1 is 1.02 bits per heavy atom. The third kappa shape index (κ3) is 6.81. The standard InChI is InChI=1S/C29H27BrF6N4O5/c1-2-44-20-5-3-4-17(24(20)30)25-18-13-16(28(31,32)33)6-7-19(18)40-26(37-38-27(40)29(34,35)36)21(45-25)14-22(41)39-10-8-15(9-11-39)12-23(42)43/h3-7,13,15,21,25H,2,8-12,14H2,1H3,(H,42,43)/t21-,25-/m1/s1. The number of rotatable bonds is 7. The van der Waals surface area contributed by atoms with E-state index in [4.69, 9.17) is 14.6 Å². The quantitative estimate of drug-likeness (QED) is 0.272. The fraction of sp³-hybridized carbons (Fsp3) is 0.448. The summed E-state index contributed by atoms with van der Waals surface area (Å²) in [6, 6.07) is 7.00. The molecule has 0 aliphatic carbocycles. The Morgan fingerprint density at radius 2 is 1.73 bits per heavy atom. The van der Waals surface area contributed by atoms with Gasteiger partial charge in [0, 0.05) is 30.6 Å². The SMILES string of the molecule is CCOc1cccc([C@H]2O[C@H](CC(=O)N3CCC(CC(=O)O)CC3)c3nnc(C(F)(F)F)n3-c3ccc(C(F)(F)F)cc32)c1Br. The van der Waals surface area contributed by atoms with Crippen molar-refractivity contribution in [2.45, 2.75) is 57.2 Å². The van der Waals surface area contributed by atoms with Crippen molar-refractivity contribution in [3.8, 4) is 11.4 Å². The van der Waals surface area contributed by atoms with Gasteiger partial charge in [-0.2, -0.15) is 26.3 Å². The number of alkyl halides is 6. The molecule has 1 aromatic heterocycles. The second-order valence-corrected chi connectivity index (χ2v) is 11.5. The zero-order valence-electron chi connectivity index (χ0n) is 23.7. The Morgan fingerprint density at radius 3 is 2.36 bits per heavy atom. The van der Waals surface area contributed by atoms with Gasteiger partial charge >= 0.3 is 18.3 Å². The molecule has 1 saturated heterocycles. The minimum atomic E-state index is -5.05. The number of carbonyl (C=O) groups excluding carboxylic acids is 1. The number of likely N-dealkylation sites (tertiary alicyclic amines) is 1. The molecule has 3 heterocycles. The number of ether oxygens (including phenoxy) is 2. The highest BCUT2D eigenvalue weighted by Gasteiger charge is 2.45. The molecule has 0 saturated carbocycles. The molecule has 45 heavy (non-hydrogen) atoms. The number of hydrogen-bond acceptors (Lipinski definition) is 6. The van der Waals surface area contributed by atoms with Gasteiger partial charge in [0.1, 0.15) is 18.0 Å². The van der Waals surface area contributed by atoms with Crippen molar-refractivity contribution in [2.24, 2.45) is 5.92 Å². The van der Waals surface area contributed by atoms with Crippen LogP contribution in [0.15, 0.2) is 40.9 Å². The van der Waals surface area contributed by atoms with Gasteiger partial charge in [-0.25, -0.2) is 0 Å². The lowest BCUT2D eigenvalue weighted by Crippen LogP contribution is -2.39. The molecule has 2 atom stereocenters. The van der Waals surface area contributed by atoms with Crippen LogP contribution in [0.4, 0.5) is 26.3 Å². The summed E-state index contributed by atoms with van der Waals surface area (Å²) in [6.07, 6.45) is -12.5. The van der Waals surface area contributed by atoms with E-state index in [9.17, 15) is 35.9 Å². The third-order valence-corrected chi connectivity index (χ3v) is 8.62. The normalized spacial score (nSPS) is 19.1. The van der Waals surface area contributed by atoms with Gasteiger partial charge < -0.3 is 19.5 Å². The predicted molar refractivity (Wildman–Crippen MR) is 149 cm³/mol. The lowest BCUT2D eigenvalue weighted by atomic mass is 9.93. The Labute approximate surface area is 261 Å². The highest BCUT2D eigenvalue weighted by molar-refractivity contribution is 9.10. The van der Waals surface area contributed by atoms with E-state index < -0.39 is 60.1 Å². The third-order valence-electron chi connectivity index (χ3n) is 7.77. The molecule has 1 fully saturated rings. The molecule has 5 rings (SSSR count). The fourth-order valence-corrected chi connectivity index (χ4v) is 6.25. The molecule has 242 valence electrons. The van der Waals surface area contributed by atoms with E-state index in [2.05, 4.69) is 26.1 Å². The summed E-state index contributed by atoms with van der Waals surface area (Å²) in [5, 5.41) is 16.2. The van der Waals surface area contributed by atoms with Crippen molar-refractivity contribution < 1.29 is 50.5 Å². The first-order valence-corrected chi connectivity index (χ1v) is 14.8. The summed E-state index contributed by atoms with van der Waals surface area (Å²) in [4.78, 5) is 26.1. The van der Waals surface area contributed by atoms with Crippen LogP contribution in [0.3, 0.4) is 0 Å². The van der Waals surface area contributed by atoms with E-state index in [0.29, 0.717) is 33.7 Å². The summed E-state index contributed by atoms with van der Waals surface area (Å²) < 4.78 is 97.4. The van der Waals surface area contributed by atoms with E-state index in [0.717, 1.165) is 12.1 Å². The number of fused-ring (bicyclic) bond motifs is 3. The summed E-state index contributed by atoms with van der Waals surface area (Å²) in [6.45, 7) is 2.43. The maximum atomic E-state index is 14.2. The summed E-state index contributed by atoms with van der Waals surface area (Å²) in [5.74, 6) is -3.16. The van der Waals surface area contributed by atoms with Crippen molar-refractivity contribution in [2.75, 3.05) is 19.7 Å². The molecule has 0 unspecified atom stereocenters. The number of carbonyl (C=O) groups is 2. The molecule has 0 radical (unpaired) electrons. The minimum Gasteiger partial charge on any atom is -0.493 e. The molecule has 2 aliphatic rings. The largest absolute Gasteiger partial charge is 0.493 e. The number of piperidine rings is 1. The van der Waals surface area contributed by atoms with E-state index in [1.807, 2.05) is 0 Å². The molecule has 9 nitrogen and oxygen atoms in total. The number of aliphatic carboxylic acids is 1. The number of aromatic nitrogens is 3. The van der Waals surface area contributed by atoms with Gasteiger partial charge in [-0.05, 0) is 65.9 Å². The molecule has 0 spiro atoms. The Bertz CT molecular complexity index is 1590. The van der Waals surface area contributed by atoms with Crippen LogP contribution in [0, 0.1) is 5.92 Å². The molecule has 1 N–H and O–H groups in total. The van der Waals surface area contributed by atoms with Gasteiger partial charge in [0.05, 0.1) is 28.8 Å². The number of nitrogens with zero attached hydrogens (tertiary/aromatic N) is 4. The fourth-order valence-electron chi connectivity index (χ4n) is 5.67. The smallest absolute Gasteiger partial charge is 0.452 e. The van der Waals surface area contributed by atoms with Crippen molar-refractivity contribution in [1.82, 2.24) is 19.7 Å². The van der Waals surface area contributed by atoms with Crippen molar-refractivity contribution in [3.05, 3.63) is 69.2 Å². The van der Waals surface area contributed by atoms with E-state index in [1.54, 1.807) is 19.1 Å². The molecule has 3 aromatic rings. The van der Waals surface area contributed by atoms with E-state index >= 15 is 0 Å². The van der Waals surface area contributed by atoms with E-state index in [1.165, 1.54) is 11.0 Å². The molecule has 16 heteroatoms. The van der Waals surface area contributed by atoms with Crippen LogP contribution in [0.2, 0.25) is 0 Å². The number of carboxylic acids is 1. The average molecular weight is 705 g/mol. The average Bonchev–Trinajstić information content (AvgIpc) is 3.37. The number of benzene rings is 2. The molecule has 2 aromatic carbocycles. The maximum Gasteiger partial charge on any atom is 0.452 e. The lowest BCUT2D eigenvalue weighted by Gasteiger charge is -2.32. The van der Waals surface area contributed by atoms with Crippen molar-refractivity contribution >= 4 is 27.8 Å². The topological polar surface area (TPSA) is 107 Å². The summed E-state index contributed by atoms with van der Waals surface area (Å²) >= 11 is 3.42. The highest BCUT2D eigenvalue weighted by atomic mass is 79.9. The minimum absolute atomic E-state index is 0.0490. The molecule has 0 bridgehead atoms. The van der Waals surface area contributed by atoms with Crippen LogP contribution in [0.25, 0.3) is 5.69 Å². The molecular formula is C29H27BrF6N4O5. The second kappa shape index (κ2) is 12.6. The van der Waals surface area contributed by atoms with Gasteiger partial charge in [-0.15, -0.1) is 10.2 Å². The zero-order valence-corrected chi connectivity index (χ0v) is 25.2. The molecule has 1 amide bonds. The zero-order chi connectivity index (χ0) is 32.7. The van der Waals surface area contributed by atoms with Crippen molar-refractivity contribution in [3.63, 3.8) is 0 Å². The number of halogens is 7. The van der Waals surface area contributed by atoms with Gasteiger partial charge in [0.15, 0.2) is 5.82 Å². The van der Waals surface area contributed by atoms with Crippen LogP contribution in [-0.2, 0) is 26.7 Å². The van der Waals surface area contributed by atoms with Gasteiger partial charge in [0.25, 0.3) is 0 Å². The maximum absolute atomic E-state index is 14.2.